The van der Waals surface area contributed by atoms with Crippen molar-refractivity contribution >= 4 is 10.0 Å². The van der Waals surface area contributed by atoms with Crippen LogP contribution in [0.1, 0.15) is 0 Å². The molecule has 1 N–H and O–H groups in total. The van der Waals surface area contributed by atoms with Gasteiger partial charge >= 0.3 is 0 Å². The molecule has 0 fully saturated rings. The molecule has 4 nitrogen and oxygen atoms in total. The normalized spacial score (nSPS) is 11.2. The first-order valence-corrected chi connectivity index (χ1v) is 9.46. The van der Waals surface area contributed by atoms with Crippen molar-refractivity contribution in [2.24, 2.45) is 0 Å². The number of ether oxygens (including phenoxy) is 1. The maximum atomic E-state index is 12.3. The second-order valence-corrected chi connectivity index (χ2v) is 7.22. The molecule has 0 radical (unpaired) electrons. The average molecular weight is 353 g/mol. The predicted molar refractivity (Wildman–Crippen MR) is 99.0 cm³/mol. The number of hydrogen-bond acceptors (Lipinski definition) is 3. The van der Waals surface area contributed by atoms with Crippen LogP contribution in [0.2, 0.25) is 0 Å². The molecule has 0 aliphatic rings. The number of nitrogens with one attached hydrogen (secondary N) is 1. The molecular weight excluding hydrogens is 334 g/mol. The molecule has 0 bridgehead atoms. The van der Waals surface area contributed by atoms with Crippen molar-refractivity contribution in [2.45, 2.75) is 4.90 Å². The highest BCUT2D eigenvalue weighted by atomic mass is 32.2. The average Bonchev–Trinajstić information content (AvgIpc) is 2.67. The van der Waals surface area contributed by atoms with Crippen molar-refractivity contribution < 1.29 is 13.2 Å². The molecule has 3 rings (SSSR count). The van der Waals surface area contributed by atoms with E-state index in [-0.39, 0.29) is 18.0 Å². The zero-order valence-electron chi connectivity index (χ0n) is 13.6. The van der Waals surface area contributed by atoms with Gasteiger partial charge in [-0.3, -0.25) is 0 Å². The highest BCUT2D eigenvalue weighted by Crippen LogP contribution is 2.20. The fraction of sp³-hybridized carbons (Fsp3) is 0.100. The molecule has 128 valence electrons. The van der Waals surface area contributed by atoms with E-state index < -0.39 is 10.0 Å². The van der Waals surface area contributed by atoms with Crippen LogP contribution in [0.25, 0.3) is 11.1 Å². The summed E-state index contributed by atoms with van der Waals surface area (Å²) in [6.45, 7) is 0.475. The molecule has 25 heavy (non-hydrogen) atoms. The minimum atomic E-state index is -3.54. The standard InChI is InChI=1S/C20H19NO3S/c22-25(23,21-15-16-24-19-9-5-2-6-10-19)20-13-11-18(12-14-20)17-7-3-1-4-8-17/h1-14,21H,15-16H2. The van der Waals surface area contributed by atoms with Gasteiger partial charge in [0.25, 0.3) is 0 Å². The van der Waals surface area contributed by atoms with Gasteiger partial charge in [-0.15, -0.1) is 0 Å². The molecule has 0 amide bonds. The molecule has 0 saturated heterocycles. The Hall–Kier alpha value is -2.63. The molecule has 0 aliphatic carbocycles. The zero-order chi connectivity index (χ0) is 17.5. The highest BCUT2D eigenvalue weighted by molar-refractivity contribution is 7.89. The van der Waals surface area contributed by atoms with Crippen LogP contribution < -0.4 is 9.46 Å². The van der Waals surface area contributed by atoms with Crippen LogP contribution in [0.4, 0.5) is 0 Å². The highest BCUT2D eigenvalue weighted by Gasteiger charge is 2.13. The minimum absolute atomic E-state index is 0.206. The van der Waals surface area contributed by atoms with E-state index >= 15 is 0 Å². The van der Waals surface area contributed by atoms with Crippen molar-refractivity contribution in [3.8, 4) is 16.9 Å². The summed E-state index contributed by atoms with van der Waals surface area (Å²) < 4.78 is 32.7. The van der Waals surface area contributed by atoms with E-state index in [1.54, 1.807) is 12.1 Å². The van der Waals surface area contributed by atoms with E-state index in [9.17, 15) is 8.42 Å². The Bertz CT molecular complexity index is 893. The van der Waals surface area contributed by atoms with Crippen LogP contribution >= 0.6 is 0 Å². The molecule has 0 unspecified atom stereocenters. The maximum Gasteiger partial charge on any atom is 0.240 e. The molecule has 0 atom stereocenters. The number of hydrogen-bond donors (Lipinski definition) is 1. The number of sulfonamides is 1. The quantitative estimate of drug-likeness (QED) is 0.659. The van der Waals surface area contributed by atoms with E-state index in [1.807, 2.05) is 72.8 Å². The first kappa shape index (κ1) is 17.2. The van der Waals surface area contributed by atoms with Crippen LogP contribution in [0.5, 0.6) is 5.75 Å². The van der Waals surface area contributed by atoms with Gasteiger partial charge in [0.1, 0.15) is 12.4 Å². The Morgan fingerprint density at radius 3 is 1.92 bits per heavy atom. The van der Waals surface area contributed by atoms with Crippen LogP contribution in [0, 0.1) is 0 Å². The molecule has 3 aromatic carbocycles. The third-order valence-electron chi connectivity index (χ3n) is 3.68. The SMILES string of the molecule is O=S(=O)(NCCOc1ccccc1)c1ccc(-c2ccccc2)cc1. The lowest BCUT2D eigenvalue weighted by Crippen LogP contribution is -2.28. The minimum Gasteiger partial charge on any atom is -0.492 e. The van der Waals surface area contributed by atoms with Crippen LogP contribution in [-0.2, 0) is 10.0 Å². The van der Waals surface area contributed by atoms with Crippen molar-refractivity contribution in [1.82, 2.24) is 4.72 Å². The number of para-hydroxylation sites is 1. The first-order chi connectivity index (χ1) is 12.1. The largest absolute Gasteiger partial charge is 0.492 e. The van der Waals surface area contributed by atoms with E-state index in [0.29, 0.717) is 5.75 Å². The van der Waals surface area contributed by atoms with Gasteiger partial charge in [0.2, 0.25) is 10.0 Å². The van der Waals surface area contributed by atoms with Crippen molar-refractivity contribution in [3.63, 3.8) is 0 Å². The Morgan fingerprint density at radius 2 is 1.28 bits per heavy atom. The summed E-state index contributed by atoms with van der Waals surface area (Å²) in [5.41, 5.74) is 2.03. The molecule has 0 spiro atoms. The molecule has 5 heteroatoms. The van der Waals surface area contributed by atoms with Gasteiger partial charge in [-0.05, 0) is 35.4 Å². The molecular formula is C20H19NO3S. The third-order valence-corrected chi connectivity index (χ3v) is 5.15. The van der Waals surface area contributed by atoms with Gasteiger partial charge < -0.3 is 4.74 Å². The predicted octanol–water partition coefficient (Wildman–Crippen LogP) is 3.71. The monoisotopic (exact) mass is 353 g/mol. The Balaban J connectivity index is 1.58. The molecule has 0 saturated carbocycles. The summed E-state index contributed by atoms with van der Waals surface area (Å²) >= 11 is 0. The van der Waals surface area contributed by atoms with Crippen LogP contribution in [0.15, 0.2) is 89.8 Å². The van der Waals surface area contributed by atoms with Gasteiger partial charge in [0.05, 0.1) is 4.90 Å². The lowest BCUT2D eigenvalue weighted by Gasteiger charge is -2.09. The van der Waals surface area contributed by atoms with Crippen molar-refractivity contribution in [2.75, 3.05) is 13.2 Å². The molecule has 3 aromatic rings. The summed E-state index contributed by atoms with van der Waals surface area (Å²) in [5, 5.41) is 0. The maximum absolute atomic E-state index is 12.3. The van der Waals surface area contributed by atoms with E-state index in [1.165, 1.54) is 0 Å². The smallest absolute Gasteiger partial charge is 0.240 e. The lowest BCUT2D eigenvalue weighted by molar-refractivity contribution is 0.323. The summed E-state index contributed by atoms with van der Waals surface area (Å²) in [7, 11) is -3.54. The Kier molecular flexibility index (Phi) is 5.48. The summed E-state index contributed by atoms with van der Waals surface area (Å²) in [5.74, 6) is 0.717. The van der Waals surface area contributed by atoms with Gasteiger partial charge in [-0.1, -0.05) is 60.7 Å². The van der Waals surface area contributed by atoms with E-state index in [2.05, 4.69) is 4.72 Å². The van der Waals surface area contributed by atoms with Crippen LogP contribution in [0.3, 0.4) is 0 Å². The summed E-state index contributed by atoms with van der Waals surface area (Å²) in [4.78, 5) is 0.242. The summed E-state index contributed by atoms with van der Waals surface area (Å²) in [6.07, 6.45) is 0. The molecule has 0 aromatic heterocycles. The van der Waals surface area contributed by atoms with Crippen molar-refractivity contribution in [3.05, 3.63) is 84.9 Å². The fourth-order valence-corrected chi connectivity index (χ4v) is 3.42. The number of rotatable bonds is 7. The zero-order valence-corrected chi connectivity index (χ0v) is 14.4. The Morgan fingerprint density at radius 1 is 0.720 bits per heavy atom. The van der Waals surface area contributed by atoms with Crippen molar-refractivity contribution in [1.29, 1.82) is 0 Å². The van der Waals surface area contributed by atoms with Crippen LogP contribution in [-0.4, -0.2) is 21.6 Å². The molecule has 0 aliphatic heterocycles. The second-order valence-electron chi connectivity index (χ2n) is 5.45. The fourth-order valence-electron chi connectivity index (χ4n) is 2.40. The second kappa shape index (κ2) is 7.96. The van der Waals surface area contributed by atoms with Gasteiger partial charge in [0, 0.05) is 6.54 Å². The number of benzene rings is 3. The van der Waals surface area contributed by atoms with E-state index in [0.717, 1.165) is 11.1 Å². The topological polar surface area (TPSA) is 55.4 Å². The van der Waals surface area contributed by atoms with Gasteiger partial charge in [0.15, 0.2) is 0 Å². The van der Waals surface area contributed by atoms with Gasteiger partial charge in [-0.25, -0.2) is 13.1 Å². The first-order valence-electron chi connectivity index (χ1n) is 7.98. The summed E-state index contributed by atoms with van der Waals surface area (Å²) in [6, 6.07) is 26.0. The molecule has 0 heterocycles. The third kappa shape index (κ3) is 4.68. The lowest BCUT2D eigenvalue weighted by atomic mass is 10.1. The van der Waals surface area contributed by atoms with E-state index in [4.69, 9.17) is 4.74 Å². The Labute approximate surface area is 148 Å². The van der Waals surface area contributed by atoms with Gasteiger partial charge in [-0.2, -0.15) is 0 Å².